The highest BCUT2D eigenvalue weighted by Gasteiger charge is 2.03. The van der Waals surface area contributed by atoms with Crippen LogP contribution in [-0.2, 0) is 14.3 Å². The SMILES string of the molecule is COCCC(=O)NCCNC(=O)COc1ccccc1. The van der Waals surface area contributed by atoms with Gasteiger partial charge in [0.15, 0.2) is 6.61 Å². The number of nitrogens with one attached hydrogen (secondary N) is 2. The molecule has 110 valence electrons. The third-order valence-electron chi connectivity index (χ3n) is 2.42. The zero-order valence-electron chi connectivity index (χ0n) is 11.6. The van der Waals surface area contributed by atoms with Gasteiger partial charge in [-0.25, -0.2) is 0 Å². The number of para-hydroxylation sites is 1. The van der Waals surface area contributed by atoms with Crippen molar-refractivity contribution < 1.29 is 19.1 Å². The second kappa shape index (κ2) is 9.80. The van der Waals surface area contributed by atoms with Gasteiger partial charge in [-0.05, 0) is 12.1 Å². The number of hydrogen-bond donors (Lipinski definition) is 2. The van der Waals surface area contributed by atoms with E-state index in [1.807, 2.05) is 18.2 Å². The smallest absolute Gasteiger partial charge is 0.258 e. The van der Waals surface area contributed by atoms with E-state index in [0.717, 1.165) is 0 Å². The second-order valence-corrected chi connectivity index (χ2v) is 4.04. The fourth-order valence-electron chi connectivity index (χ4n) is 1.40. The van der Waals surface area contributed by atoms with Gasteiger partial charge in [-0.1, -0.05) is 18.2 Å². The first-order chi connectivity index (χ1) is 9.72. The number of carbonyl (C=O) groups excluding carboxylic acids is 2. The van der Waals surface area contributed by atoms with Crippen LogP contribution < -0.4 is 15.4 Å². The fourth-order valence-corrected chi connectivity index (χ4v) is 1.40. The minimum atomic E-state index is -0.222. The Bertz CT molecular complexity index is 409. The molecule has 0 bridgehead atoms. The lowest BCUT2D eigenvalue weighted by Crippen LogP contribution is -2.37. The van der Waals surface area contributed by atoms with Crippen LogP contribution in [0, 0.1) is 0 Å². The lowest BCUT2D eigenvalue weighted by molar-refractivity contribution is -0.124. The summed E-state index contributed by atoms with van der Waals surface area (Å²) in [5.41, 5.74) is 0. The lowest BCUT2D eigenvalue weighted by atomic mass is 10.3. The number of hydrogen-bond acceptors (Lipinski definition) is 4. The topological polar surface area (TPSA) is 76.7 Å². The zero-order valence-corrected chi connectivity index (χ0v) is 11.6. The molecule has 0 saturated carbocycles. The number of amides is 2. The molecule has 0 aliphatic rings. The van der Waals surface area contributed by atoms with Gasteiger partial charge in [0, 0.05) is 26.6 Å². The normalized spacial score (nSPS) is 9.85. The van der Waals surface area contributed by atoms with E-state index in [1.165, 1.54) is 0 Å². The molecule has 20 heavy (non-hydrogen) atoms. The van der Waals surface area contributed by atoms with E-state index >= 15 is 0 Å². The molecule has 1 aromatic carbocycles. The Morgan fingerprint density at radius 2 is 1.70 bits per heavy atom. The van der Waals surface area contributed by atoms with Crippen molar-refractivity contribution in [3.63, 3.8) is 0 Å². The highest BCUT2D eigenvalue weighted by Crippen LogP contribution is 2.07. The van der Waals surface area contributed by atoms with E-state index in [1.54, 1.807) is 19.2 Å². The molecule has 0 aromatic heterocycles. The van der Waals surface area contributed by atoms with Crippen molar-refractivity contribution in [3.05, 3.63) is 30.3 Å². The standard InChI is InChI=1S/C14H20N2O4/c1-19-10-7-13(17)15-8-9-16-14(18)11-20-12-5-3-2-4-6-12/h2-6H,7-11H2,1H3,(H,15,17)(H,16,18). The van der Waals surface area contributed by atoms with E-state index in [4.69, 9.17) is 9.47 Å². The summed E-state index contributed by atoms with van der Waals surface area (Å²) in [6.45, 7) is 1.11. The molecule has 0 radical (unpaired) electrons. The first kappa shape index (κ1) is 16.0. The van der Waals surface area contributed by atoms with Crippen molar-refractivity contribution in [2.75, 3.05) is 33.4 Å². The van der Waals surface area contributed by atoms with Crippen molar-refractivity contribution in [3.8, 4) is 5.75 Å². The average molecular weight is 280 g/mol. The summed E-state index contributed by atoms with van der Waals surface area (Å²) in [6, 6.07) is 9.11. The maximum atomic E-state index is 11.5. The van der Waals surface area contributed by atoms with Gasteiger partial charge in [-0.3, -0.25) is 9.59 Å². The fraction of sp³-hybridized carbons (Fsp3) is 0.429. The molecule has 0 saturated heterocycles. The van der Waals surface area contributed by atoms with E-state index in [-0.39, 0.29) is 18.4 Å². The highest BCUT2D eigenvalue weighted by atomic mass is 16.5. The summed E-state index contributed by atoms with van der Waals surface area (Å²) in [7, 11) is 1.54. The number of methoxy groups -OCH3 is 1. The van der Waals surface area contributed by atoms with Crippen molar-refractivity contribution in [2.45, 2.75) is 6.42 Å². The van der Waals surface area contributed by atoms with Crippen molar-refractivity contribution in [1.29, 1.82) is 0 Å². The monoisotopic (exact) mass is 280 g/mol. The van der Waals surface area contributed by atoms with Crippen LogP contribution in [0.4, 0.5) is 0 Å². The molecule has 6 heteroatoms. The van der Waals surface area contributed by atoms with Gasteiger partial charge in [-0.15, -0.1) is 0 Å². The maximum Gasteiger partial charge on any atom is 0.258 e. The Hall–Kier alpha value is -2.08. The Kier molecular flexibility index (Phi) is 7.83. The Morgan fingerprint density at radius 1 is 1.05 bits per heavy atom. The van der Waals surface area contributed by atoms with Crippen molar-refractivity contribution in [1.82, 2.24) is 10.6 Å². The van der Waals surface area contributed by atoms with Gasteiger partial charge in [0.25, 0.3) is 5.91 Å². The quantitative estimate of drug-likeness (QED) is 0.639. The zero-order chi connectivity index (χ0) is 14.6. The van der Waals surface area contributed by atoms with E-state index in [9.17, 15) is 9.59 Å². The van der Waals surface area contributed by atoms with Gasteiger partial charge in [0.05, 0.1) is 6.61 Å². The van der Waals surface area contributed by atoms with Crippen LogP contribution in [0.5, 0.6) is 5.75 Å². The summed E-state index contributed by atoms with van der Waals surface area (Å²) in [5, 5.41) is 5.33. The first-order valence-electron chi connectivity index (χ1n) is 6.42. The van der Waals surface area contributed by atoms with Gasteiger partial charge < -0.3 is 20.1 Å². The molecule has 0 heterocycles. The molecular weight excluding hydrogens is 260 g/mol. The molecule has 0 aliphatic heterocycles. The summed E-state index contributed by atoms with van der Waals surface area (Å²) >= 11 is 0. The number of benzene rings is 1. The minimum Gasteiger partial charge on any atom is -0.484 e. The van der Waals surface area contributed by atoms with Crippen LogP contribution in [0.15, 0.2) is 30.3 Å². The molecule has 0 unspecified atom stereocenters. The number of ether oxygens (including phenoxy) is 2. The van der Waals surface area contributed by atoms with Crippen LogP contribution in [0.25, 0.3) is 0 Å². The Labute approximate surface area is 118 Å². The molecule has 2 N–H and O–H groups in total. The molecule has 6 nitrogen and oxygen atoms in total. The summed E-state index contributed by atoms with van der Waals surface area (Å²) < 4.78 is 10.1. The summed E-state index contributed by atoms with van der Waals surface area (Å²) in [4.78, 5) is 22.7. The first-order valence-corrected chi connectivity index (χ1v) is 6.42. The second-order valence-electron chi connectivity index (χ2n) is 4.04. The van der Waals surface area contributed by atoms with Crippen LogP contribution >= 0.6 is 0 Å². The third-order valence-corrected chi connectivity index (χ3v) is 2.42. The highest BCUT2D eigenvalue weighted by molar-refractivity contribution is 5.78. The molecule has 0 aliphatic carbocycles. The van der Waals surface area contributed by atoms with Gasteiger partial charge >= 0.3 is 0 Å². The van der Waals surface area contributed by atoms with Crippen LogP contribution in [0.3, 0.4) is 0 Å². The summed E-state index contributed by atoms with van der Waals surface area (Å²) in [6.07, 6.45) is 0.321. The number of carbonyl (C=O) groups is 2. The average Bonchev–Trinajstić information content (AvgIpc) is 2.48. The number of rotatable bonds is 9. The van der Waals surface area contributed by atoms with E-state index in [0.29, 0.717) is 31.9 Å². The third kappa shape index (κ3) is 7.38. The van der Waals surface area contributed by atoms with Crippen molar-refractivity contribution >= 4 is 11.8 Å². The molecule has 2 amide bonds. The summed E-state index contributed by atoms with van der Waals surface area (Å²) in [5.74, 6) is 0.331. The molecule has 0 atom stereocenters. The van der Waals surface area contributed by atoms with Gasteiger partial charge in [0.2, 0.25) is 5.91 Å². The maximum absolute atomic E-state index is 11.5. The minimum absolute atomic E-state index is 0.0400. The lowest BCUT2D eigenvalue weighted by Gasteiger charge is -2.08. The van der Waals surface area contributed by atoms with Gasteiger partial charge in [0.1, 0.15) is 5.75 Å². The van der Waals surface area contributed by atoms with E-state index < -0.39 is 0 Å². The van der Waals surface area contributed by atoms with E-state index in [2.05, 4.69) is 10.6 Å². The van der Waals surface area contributed by atoms with Crippen LogP contribution in [0.2, 0.25) is 0 Å². The van der Waals surface area contributed by atoms with Crippen molar-refractivity contribution in [2.24, 2.45) is 0 Å². The van der Waals surface area contributed by atoms with Crippen LogP contribution in [0.1, 0.15) is 6.42 Å². The van der Waals surface area contributed by atoms with Crippen LogP contribution in [-0.4, -0.2) is 45.2 Å². The molecular formula is C14H20N2O4. The molecule has 0 fully saturated rings. The molecule has 0 spiro atoms. The Balaban J connectivity index is 2.04. The predicted octanol–water partition coefficient (Wildman–Crippen LogP) is 0.334. The molecule has 1 rings (SSSR count). The molecule has 1 aromatic rings. The Morgan fingerprint density at radius 3 is 2.35 bits per heavy atom. The predicted molar refractivity (Wildman–Crippen MR) is 74.4 cm³/mol. The largest absolute Gasteiger partial charge is 0.484 e. The van der Waals surface area contributed by atoms with Gasteiger partial charge in [-0.2, -0.15) is 0 Å².